The quantitative estimate of drug-likeness (QED) is 0.905. The van der Waals surface area contributed by atoms with Gasteiger partial charge in [0.2, 0.25) is 0 Å². The van der Waals surface area contributed by atoms with Crippen molar-refractivity contribution in [3.8, 4) is 11.4 Å². The fourth-order valence-corrected chi connectivity index (χ4v) is 1.76. The van der Waals surface area contributed by atoms with Gasteiger partial charge in [-0.15, -0.1) is 0 Å². The van der Waals surface area contributed by atoms with Gasteiger partial charge in [0.25, 0.3) is 0 Å². The molecule has 0 aromatic carbocycles. The molecule has 1 N–H and O–H groups in total. The molecule has 0 saturated carbocycles. The summed E-state index contributed by atoms with van der Waals surface area (Å²) in [6.45, 7) is 2.45. The van der Waals surface area contributed by atoms with Crippen LogP contribution in [0.3, 0.4) is 0 Å². The maximum Gasteiger partial charge on any atom is 0.413 e. The summed E-state index contributed by atoms with van der Waals surface area (Å²) < 4.78 is 0. The molecule has 0 radical (unpaired) electrons. The van der Waals surface area contributed by atoms with Crippen molar-refractivity contribution in [2.24, 2.45) is 0 Å². The number of amides is 1. The molecule has 0 atom stereocenters. The summed E-state index contributed by atoms with van der Waals surface area (Å²) in [5.74, 6) is 0.889. The number of carbonyl (C=O) groups is 1. The second-order valence-electron chi connectivity index (χ2n) is 4.26. The van der Waals surface area contributed by atoms with Gasteiger partial charge in [0.15, 0.2) is 5.82 Å². The van der Waals surface area contributed by atoms with Crippen molar-refractivity contribution in [2.45, 2.75) is 19.8 Å². The highest BCUT2D eigenvalue weighted by molar-refractivity contribution is 5.84. The molecular formula is C14H16N4O2. The Morgan fingerprint density at radius 1 is 1.25 bits per heavy atom. The number of rotatable bonds is 5. The third kappa shape index (κ3) is 3.28. The lowest BCUT2D eigenvalue weighted by Gasteiger charge is -2.18. The molecule has 2 rings (SSSR count). The van der Waals surface area contributed by atoms with Crippen LogP contribution in [0.25, 0.3) is 11.4 Å². The monoisotopic (exact) mass is 272 g/mol. The van der Waals surface area contributed by atoms with E-state index < -0.39 is 6.09 Å². The topological polar surface area (TPSA) is 79.2 Å². The Bertz CT molecular complexity index is 574. The molecule has 0 aliphatic carbocycles. The number of hydrogen-bond donors (Lipinski definition) is 1. The van der Waals surface area contributed by atoms with Crippen LogP contribution in [-0.2, 0) is 0 Å². The minimum atomic E-state index is -1.00. The predicted octanol–water partition coefficient (Wildman–Crippen LogP) is 2.82. The molecule has 2 aromatic heterocycles. The van der Waals surface area contributed by atoms with E-state index in [1.54, 1.807) is 36.8 Å². The highest BCUT2D eigenvalue weighted by atomic mass is 16.4. The first kappa shape index (κ1) is 13.9. The lowest BCUT2D eigenvalue weighted by Crippen LogP contribution is -2.31. The number of nitrogens with zero attached hydrogens (tertiary/aromatic N) is 4. The minimum Gasteiger partial charge on any atom is -0.465 e. The average Bonchev–Trinajstić information content (AvgIpc) is 2.48. The highest BCUT2D eigenvalue weighted by Gasteiger charge is 2.16. The zero-order valence-corrected chi connectivity index (χ0v) is 11.2. The molecule has 2 heterocycles. The molecule has 6 nitrogen and oxygen atoms in total. The van der Waals surface area contributed by atoms with Crippen LogP contribution < -0.4 is 4.90 Å². The van der Waals surface area contributed by atoms with Gasteiger partial charge in [-0.05, 0) is 24.6 Å². The third-order valence-corrected chi connectivity index (χ3v) is 2.82. The summed E-state index contributed by atoms with van der Waals surface area (Å²) in [4.78, 5) is 25.0. The zero-order chi connectivity index (χ0) is 14.4. The molecule has 104 valence electrons. The minimum absolute atomic E-state index is 0.396. The number of anilines is 1. The van der Waals surface area contributed by atoms with Gasteiger partial charge in [0, 0.05) is 30.7 Å². The van der Waals surface area contributed by atoms with Crippen LogP contribution in [-0.4, -0.2) is 32.7 Å². The van der Waals surface area contributed by atoms with Gasteiger partial charge in [-0.3, -0.25) is 9.88 Å². The fraction of sp³-hybridized carbons (Fsp3) is 0.286. The van der Waals surface area contributed by atoms with Gasteiger partial charge in [-0.2, -0.15) is 0 Å². The van der Waals surface area contributed by atoms with E-state index in [-0.39, 0.29) is 0 Å². The van der Waals surface area contributed by atoms with Crippen LogP contribution in [0.2, 0.25) is 0 Å². The summed E-state index contributed by atoms with van der Waals surface area (Å²) in [5, 5.41) is 9.27. The Hall–Kier alpha value is -2.50. The van der Waals surface area contributed by atoms with Crippen molar-refractivity contribution < 1.29 is 9.90 Å². The van der Waals surface area contributed by atoms with E-state index in [1.165, 1.54) is 4.90 Å². The number of hydrogen-bond acceptors (Lipinski definition) is 4. The summed E-state index contributed by atoms with van der Waals surface area (Å²) in [6, 6.07) is 5.18. The van der Waals surface area contributed by atoms with Gasteiger partial charge >= 0.3 is 6.09 Å². The highest BCUT2D eigenvalue weighted by Crippen LogP contribution is 2.18. The van der Waals surface area contributed by atoms with Crippen molar-refractivity contribution in [3.05, 3.63) is 36.8 Å². The molecule has 6 heteroatoms. The zero-order valence-electron chi connectivity index (χ0n) is 11.2. The molecule has 0 aliphatic heterocycles. The maximum atomic E-state index is 11.3. The molecule has 0 fully saturated rings. The SMILES string of the molecule is CCCCN(C(=O)O)c1ccnc(-c2ccncc2)n1. The lowest BCUT2D eigenvalue weighted by atomic mass is 10.2. The van der Waals surface area contributed by atoms with Crippen LogP contribution in [0.5, 0.6) is 0 Å². The summed E-state index contributed by atoms with van der Waals surface area (Å²) in [7, 11) is 0. The Balaban J connectivity index is 2.30. The number of carboxylic acid groups (broad SMARTS) is 1. The van der Waals surface area contributed by atoms with E-state index in [0.29, 0.717) is 18.2 Å². The van der Waals surface area contributed by atoms with Gasteiger partial charge in [0.05, 0.1) is 0 Å². The maximum absolute atomic E-state index is 11.3. The van der Waals surface area contributed by atoms with Gasteiger partial charge < -0.3 is 5.11 Å². The molecule has 0 spiro atoms. The lowest BCUT2D eigenvalue weighted by molar-refractivity contribution is 0.201. The van der Waals surface area contributed by atoms with Gasteiger partial charge in [-0.1, -0.05) is 13.3 Å². The second-order valence-corrected chi connectivity index (χ2v) is 4.26. The van der Waals surface area contributed by atoms with Crippen molar-refractivity contribution >= 4 is 11.9 Å². The van der Waals surface area contributed by atoms with Crippen molar-refractivity contribution in [1.29, 1.82) is 0 Å². The van der Waals surface area contributed by atoms with Crippen LogP contribution in [0.15, 0.2) is 36.8 Å². The molecule has 2 aromatic rings. The van der Waals surface area contributed by atoms with E-state index in [9.17, 15) is 9.90 Å². The van der Waals surface area contributed by atoms with Gasteiger partial charge in [-0.25, -0.2) is 14.8 Å². The standard InChI is InChI=1S/C14H16N4O2/c1-2-3-10-18(14(19)20)12-6-9-16-13(17-12)11-4-7-15-8-5-11/h4-9H,2-3,10H2,1H3,(H,19,20). The largest absolute Gasteiger partial charge is 0.465 e. The molecule has 0 bridgehead atoms. The molecule has 0 saturated heterocycles. The first-order valence-corrected chi connectivity index (χ1v) is 6.46. The molecule has 0 unspecified atom stereocenters. The Kier molecular flexibility index (Phi) is 4.60. The van der Waals surface area contributed by atoms with E-state index in [0.717, 1.165) is 18.4 Å². The van der Waals surface area contributed by atoms with Crippen molar-refractivity contribution in [1.82, 2.24) is 15.0 Å². The van der Waals surface area contributed by atoms with E-state index >= 15 is 0 Å². The smallest absolute Gasteiger partial charge is 0.413 e. The number of aromatic nitrogens is 3. The summed E-state index contributed by atoms with van der Waals surface area (Å²) in [5.41, 5.74) is 0.808. The second kappa shape index (κ2) is 6.60. The van der Waals surface area contributed by atoms with E-state index in [4.69, 9.17) is 0 Å². The normalized spacial score (nSPS) is 10.2. The van der Waals surface area contributed by atoms with Gasteiger partial charge in [0.1, 0.15) is 5.82 Å². The van der Waals surface area contributed by atoms with E-state index in [2.05, 4.69) is 15.0 Å². The molecule has 0 aliphatic rings. The number of unbranched alkanes of at least 4 members (excludes halogenated alkanes) is 1. The first-order chi connectivity index (χ1) is 9.72. The summed E-state index contributed by atoms with van der Waals surface area (Å²) in [6.07, 6.45) is 5.58. The third-order valence-electron chi connectivity index (χ3n) is 2.82. The van der Waals surface area contributed by atoms with Crippen LogP contribution in [0.4, 0.5) is 10.6 Å². The Morgan fingerprint density at radius 3 is 2.65 bits per heavy atom. The first-order valence-electron chi connectivity index (χ1n) is 6.46. The fourth-order valence-electron chi connectivity index (χ4n) is 1.76. The summed E-state index contributed by atoms with van der Waals surface area (Å²) >= 11 is 0. The molecular weight excluding hydrogens is 256 g/mol. The van der Waals surface area contributed by atoms with E-state index in [1.807, 2.05) is 6.92 Å². The van der Waals surface area contributed by atoms with Crippen molar-refractivity contribution in [2.75, 3.05) is 11.4 Å². The molecule has 1 amide bonds. The Morgan fingerprint density at radius 2 is 2.00 bits per heavy atom. The van der Waals surface area contributed by atoms with Crippen molar-refractivity contribution in [3.63, 3.8) is 0 Å². The Labute approximate surface area is 117 Å². The number of pyridine rings is 1. The predicted molar refractivity (Wildman–Crippen MR) is 75.5 cm³/mol. The van der Waals surface area contributed by atoms with Crippen LogP contribution in [0.1, 0.15) is 19.8 Å². The molecule has 20 heavy (non-hydrogen) atoms. The van der Waals surface area contributed by atoms with Crippen LogP contribution >= 0.6 is 0 Å². The average molecular weight is 272 g/mol. The van der Waals surface area contributed by atoms with Crippen LogP contribution in [0, 0.1) is 0 Å².